The predicted octanol–water partition coefficient (Wildman–Crippen LogP) is 3.66. The second-order valence-corrected chi connectivity index (χ2v) is 8.63. The second-order valence-electron chi connectivity index (χ2n) is 8.63. The molecule has 2 saturated heterocycles. The van der Waals surface area contributed by atoms with Gasteiger partial charge in [0.05, 0.1) is 23.9 Å². The largest absolute Gasteiger partial charge is 0.491 e. The number of hydrogen-bond acceptors (Lipinski definition) is 5. The van der Waals surface area contributed by atoms with Crippen molar-refractivity contribution in [2.24, 2.45) is 0 Å². The molecule has 10 heteroatoms. The van der Waals surface area contributed by atoms with Crippen molar-refractivity contribution in [2.75, 3.05) is 51.3 Å². The molecule has 0 saturated carbocycles. The molecule has 7 nitrogen and oxygen atoms in total. The maximum Gasteiger partial charge on any atom is 0.418 e. The van der Waals surface area contributed by atoms with Crippen LogP contribution in [-0.4, -0.2) is 73.7 Å². The van der Waals surface area contributed by atoms with Gasteiger partial charge in [0.1, 0.15) is 12.4 Å². The van der Waals surface area contributed by atoms with Crippen LogP contribution in [0.15, 0.2) is 48.5 Å². The molecule has 1 atom stereocenters. The summed E-state index contributed by atoms with van der Waals surface area (Å²) >= 11 is 0. The van der Waals surface area contributed by atoms with Crippen LogP contribution in [0.4, 0.5) is 18.9 Å². The van der Waals surface area contributed by atoms with Gasteiger partial charge in [0, 0.05) is 38.3 Å². The third-order valence-corrected chi connectivity index (χ3v) is 6.09. The summed E-state index contributed by atoms with van der Waals surface area (Å²) in [4.78, 5) is 28.7. The molecule has 1 N–H and O–H groups in total. The standard InChI is InChI=1S/C25H28F3N3O4/c26-25(27,28)21-5-1-2-6-22(21)29-23(32)16-30-11-13-31(14-12-30)24(33)18-7-9-19(10-8-18)35-17-20-4-3-15-34-20/h1-2,5-10,20H,3-4,11-17H2,(H,29,32)/t20-/m0/s1. The minimum absolute atomic E-state index is 0.0506. The normalized spacial score (nSPS) is 18.9. The third-order valence-electron chi connectivity index (χ3n) is 6.09. The van der Waals surface area contributed by atoms with Crippen LogP contribution < -0.4 is 10.1 Å². The van der Waals surface area contributed by atoms with E-state index in [4.69, 9.17) is 9.47 Å². The third kappa shape index (κ3) is 6.73. The first-order valence-corrected chi connectivity index (χ1v) is 11.6. The lowest BCUT2D eigenvalue weighted by Crippen LogP contribution is -2.50. The Bertz CT molecular complexity index is 1020. The van der Waals surface area contributed by atoms with E-state index in [0.29, 0.717) is 44.1 Å². The Morgan fingerprint density at radius 1 is 1.03 bits per heavy atom. The first kappa shape index (κ1) is 25.0. The number of ether oxygens (including phenoxy) is 2. The number of nitrogens with zero attached hydrogens (tertiary/aromatic N) is 2. The van der Waals surface area contributed by atoms with Crippen molar-refractivity contribution in [3.8, 4) is 5.75 Å². The Balaban J connectivity index is 1.23. The quantitative estimate of drug-likeness (QED) is 0.640. The van der Waals surface area contributed by atoms with Crippen molar-refractivity contribution in [1.82, 2.24) is 9.80 Å². The number of para-hydroxylation sites is 1. The molecule has 4 rings (SSSR count). The van der Waals surface area contributed by atoms with Gasteiger partial charge in [0.15, 0.2) is 0 Å². The zero-order valence-electron chi connectivity index (χ0n) is 19.2. The Hall–Kier alpha value is -3.11. The average molecular weight is 492 g/mol. The summed E-state index contributed by atoms with van der Waals surface area (Å²) in [5, 5.41) is 2.36. The van der Waals surface area contributed by atoms with Crippen LogP contribution in [-0.2, 0) is 15.7 Å². The zero-order valence-corrected chi connectivity index (χ0v) is 19.2. The lowest BCUT2D eigenvalue weighted by molar-refractivity contribution is -0.137. The molecule has 188 valence electrons. The molecule has 0 bridgehead atoms. The number of carbonyl (C=O) groups is 2. The van der Waals surface area contributed by atoms with E-state index < -0.39 is 17.6 Å². The van der Waals surface area contributed by atoms with Gasteiger partial charge in [0.25, 0.3) is 5.91 Å². The van der Waals surface area contributed by atoms with E-state index in [9.17, 15) is 22.8 Å². The Morgan fingerprint density at radius 3 is 2.40 bits per heavy atom. The molecule has 0 aliphatic carbocycles. The van der Waals surface area contributed by atoms with Crippen LogP contribution in [0.2, 0.25) is 0 Å². The topological polar surface area (TPSA) is 71.1 Å². The fourth-order valence-corrected chi connectivity index (χ4v) is 4.18. The van der Waals surface area contributed by atoms with E-state index in [1.165, 1.54) is 18.2 Å². The molecular weight excluding hydrogens is 463 g/mol. The highest BCUT2D eigenvalue weighted by molar-refractivity contribution is 5.95. The van der Waals surface area contributed by atoms with E-state index in [1.807, 2.05) is 4.90 Å². The smallest absolute Gasteiger partial charge is 0.418 e. The highest BCUT2D eigenvalue weighted by Gasteiger charge is 2.33. The number of nitrogens with one attached hydrogen (secondary N) is 1. The van der Waals surface area contributed by atoms with Crippen molar-refractivity contribution in [2.45, 2.75) is 25.1 Å². The molecular formula is C25H28F3N3O4. The minimum Gasteiger partial charge on any atom is -0.491 e. The van der Waals surface area contributed by atoms with Crippen LogP contribution in [0, 0.1) is 0 Å². The van der Waals surface area contributed by atoms with E-state index in [2.05, 4.69) is 5.32 Å². The number of amides is 2. The second kappa shape index (κ2) is 11.1. The SMILES string of the molecule is O=C(CN1CCN(C(=O)c2ccc(OC[C@@H]3CCCO3)cc2)CC1)Nc1ccccc1C(F)(F)F. The number of rotatable bonds is 7. The van der Waals surface area contributed by atoms with Gasteiger partial charge in [0.2, 0.25) is 5.91 Å². The first-order valence-electron chi connectivity index (χ1n) is 11.6. The molecule has 2 aliphatic rings. The minimum atomic E-state index is -4.55. The van der Waals surface area contributed by atoms with Crippen LogP contribution in [0.1, 0.15) is 28.8 Å². The molecule has 0 radical (unpaired) electrons. The number of benzene rings is 2. The van der Waals surface area contributed by atoms with Crippen molar-refractivity contribution in [1.29, 1.82) is 0 Å². The lowest BCUT2D eigenvalue weighted by atomic mass is 10.1. The summed E-state index contributed by atoms with van der Waals surface area (Å²) in [5.74, 6) is 0.0407. The Kier molecular flexibility index (Phi) is 7.92. The van der Waals surface area contributed by atoms with Gasteiger partial charge >= 0.3 is 6.18 Å². The molecule has 0 aromatic heterocycles. The molecule has 2 amide bonds. The summed E-state index contributed by atoms with van der Waals surface area (Å²) in [6.45, 7) is 2.94. The Labute approximate surface area is 201 Å². The number of carbonyl (C=O) groups excluding carboxylic acids is 2. The molecule has 2 fully saturated rings. The van der Waals surface area contributed by atoms with Gasteiger partial charge in [-0.05, 0) is 49.2 Å². The van der Waals surface area contributed by atoms with Crippen molar-refractivity contribution in [3.63, 3.8) is 0 Å². The summed E-state index contributed by atoms with van der Waals surface area (Å²) in [6.07, 6.45) is -2.39. The summed E-state index contributed by atoms with van der Waals surface area (Å²) < 4.78 is 50.7. The van der Waals surface area contributed by atoms with Gasteiger partial charge in [-0.25, -0.2) is 0 Å². The molecule has 2 aromatic rings. The van der Waals surface area contributed by atoms with Gasteiger partial charge < -0.3 is 19.7 Å². The maximum absolute atomic E-state index is 13.1. The van der Waals surface area contributed by atoms with Gasteiger partial charge in [-0.1, -0.05) is 12.1 Å². The summed E-state index contributed by atoms with van der Waals surface area (Å²) in [7, 11) is 0. The van der Waals surface area contributed by atoms with E-state index in [0.717, 1.165) is 25.5 Å². The predicted molar refractivity (Wildman–Crippen MR) is 123 cm³/mol. The summed E-state index contributed by atoms with van der Waals surface area (Å²) in [6, 6.07) is 11.9. The molecule has 2 heterocycles. The van der Waals surface area contributed by atoms with E-state index >= 15 is 0 Å². The first-order chi connectivity index (χ1) is 16.8. The van der Waals surface area contributed by atoms with Crippen molar-refractivity contribution in [3.05, 3.63) is 59.7 Å². The number of halogens is 3. The molecule has 2 aliphatic heterocycles. The van der Waals surface area contributed by atoms with Crippen LogP contribution >= 0.6 is 0 Å². The average Bonchev–Trinajstić information content (AvgIpc) is 3.36. The van der Waals surface area contributed by atoms with E-state index in [-0.39, 0.29) is 24.2 Å². The van der Waals surface area contributed by atoms with Gasteiger partial charge in [-0.15, -0.1) is 0 Å². The number of piperazine rings is 1. The highest BCUT2D eigenvalue weighted by Crippen LogP contribution is 2.34. The van der Waals surface area contributed by atoms with Crippen molar-refractivity contribution >= 4 is 17.5 Å². The fraction of sp³-hybridized carbons (Fsp3) is 0.440. The zero-order chi connectivity index (χ0) is 24.8. The van der Waals surface area contributed by atoms with Gasteiger partial charge in [-0.2, -0.15) is 13.2 Å². The number of hydrogen-bond donors (Lipinski definition) is 1. The number of alkyl halides is 3. The molecule has 2 aromatic carbocycles. The van der Waals surface area contributed by atoms with Crippen LogP contribution in [0.3, 0.4) is 0 Å². The summed E-state index contributed by atoms with van der Waals surface area (Å²) in [5.41, 5.74) is -0.599. The molecule has 35 heavy (non-hydrogen) atoms. The van der Waals surface area contributed by atoms with E-state index in [1.54, 1.807) is 29.2 Å². The maximum atomic E-state index is 13.1. The van der Waals surface area contributed by atoms with Crippen LogP contribution in [0.5, 0.6) is 5.75 Å². The number of anilines is 1. The Morgan fingerprint density at radius 2 is 1.74 bits per heavy atom. The van der Waals surface area contributed by atoms with Crippen molar-refractivity contribution < 1.29 is 32.2 Å². The highest BCUT2D eigenvalue weighted by atomic mass is 19.4. The molecule has 0 unspecified atom stereocenters. The fourth-order valence-electron chi connectivity index (χ4n) is 4.18. The molecule has 0 spiro atoms. The lowest BCUT2D eigenvalue weighted by Gasteiger charge is -2.34. The van der Waals surface area contributed by atoms with Gasteiger partial charge in [-0.3, -0.25) is 14.5 Å². The monoisotopic (exact) mass is 491 g/mol. The van der Waals surface area contributed by atoms with Crippen LogP contribution in [0.25, 0.3) is 0 Å².